The van der Waals surface area contributed by atoms with Crippen molar-refractivity contribution in [2.45, 2.75) is 38.6 Å². The molecule has 1 N–H and O–H groups in total. The third kappa shape index (κ3) is 2.67. The van der Waals surface area contributed by atoms with Crippen LogP contribution in [0, 0.1) is 16.7 Å². The van der Waals surface area contributed by atoms with Crippen molar-refractivity contribution in [2.24, 2.45) is 5.41 Å². The first-order valence-corrected chi connectivity index (χ1v) is 6.30. The molecule has 0 unspecified atom stereocenters. The number of nitrogens with one attached hydrogen (secondary N) is 1. The smallest absolute Gasteiger partial charge is 0.240 e. The fourth-order valence-corrected chi connectivity index (χ4v) is 2.33. The second-order valence-electron chi connectivity index (χ2n) is 4.68. The zero-order chi connectivity index (χ0) is 12.8. The van der Waals surface area contributed by atoms with Crippen molar-refractivity contribution in [1.82, 2.24) is 20.3 Å². The minimum atomic E-state index is -0.771. The van der Waals surface area contributed by atoms with Crippen LogP contribution in [0.5, 0.6) is 0 Å². The molecular weight excluding hydrogens is 230 g/mol. The molecule has 0 aliphatic heterocycles. The molecule has 1 heterocycles. The molecule has 1 aromatic rings. The van der Waals surface area contributed by atoms with Gasteiger partial charge in [0.2, 0.25) is 5.91 Å². The molecule has 1 aliphatic carbocycles. The lowest BCUT2D eigenvalue weighted by Crippen LogP contribution is -2.38. The molecule has 18 heavy (non-hydrogen) atoms. The predicted molar refractivity (Wildman–Crippen MR) is 64.2 cm³/mol. The Hall–Kier alpha value is -1.90. The molecule has 6 heteroatoms. The number of carbonyl (C=O) groups excluding carboxylic acids is 1. The van der Waals surface area contributed by atoms with Crippen molar-refractivity contribution in [1.29, 1.82) is 5.26 Å². The summed E-state index contributed by atoms with van der Waals surface area (Å²) in [6.07, 6.45) is 7.53. The van der Waals surface area contributed by atoms with Gasteiger partial charge in [0.15, 0.2) is 0 Å². The monoisotopic (exact) mass is 247 g/mol. The Balaban J connectivity index is 1.73. The van der Waals surface area contributed by atoms with Gasteiger partial charge in [-0.2, -0.15) is 5.26 Å². The molecule has 0 atom stereocenters. The number of carbonyl (C=O) groups is 1. The summed E-state index contributed by atoms with van der Waals surface area (Å²) in [5.74, 6) is -0.110. The molecule has 1 saturated carbocycles. The second kappa shape index (κ2) is 5.63. The number of amides is 1. The van der Waals surface area contributed by atoms with Gasteiger partial charge in [0.05, 0.1) is 12.3 Å². The Labute approximate surface area is 106 Å². The van der Waals surface area contributed by atoms with E-state index in [0.29, 0.717) is 19.4 Å². The maximum Gasteiger partial charge on any atom is 0.240 e. The predicted octanol–water partition coefficient (Wildman–Crippen LogP) is 0.868. The summed E-state index contributed by atoms with van der Waals surface area (Å²) in [4.78, 5) is 12.0. The van der Waals surface area contributed by atoms with Crippen molar-refractivity contribution in [2.75, 3.05) is 6.54 Å². The topological polar surface area (TPSA) is 83.6 Å². The summed E-state index contributed by atoms with van der Waals surface area (Å²) in [5.41, 5.74) is -0.771. The third-order valence-electron chi connectivity index (χ3n) is 3.43. The van der Waals surface area contributed by atoms with Crippen molar-refractivity contribution in [3.8, 4) is 6.07 Å². The second-order valence-corrected chi connectivity index (χ2v) is 4.68. The molecule has 0 aromatic carbocycles. The van der Waals surface area contributed by atoms with Gasteiger partial charge in [0.1, 0.15) is 5.41 Å². The van der Waals surface area contributed by atoms with Crippen LogP contribution in [0.1, 0.15) is 32.1 Å². The minimum absolute atomic E-state index is 0.110. The third-order valence-corrected chi connectivity index (χ3v) is 3.43. The number of nitriles is 1. The molecule has 96 valence electrons. The fourth-order valence-electron chi connectivity index (χ4n) is 2.33. The van der Waals surface area contributed by atoms with E-state index in [2.05, 4.69) is 21.7 Å². The summed E-state index contributed by atoms with van der Waals surface area (Å²) in [6, 6.07) is 2.19. The van der Waals surface area contributed by atoms with Crippen LogP contribution in [-0.2, 0) is 11.3 Å². The van der Waals surface area contributed by atoms with E-state index in [0.717, 1.165) is 25.8 Å². The Bertz CT molecular complexity index is 428. The highest BCUT2D eigenvalue weighted by molar-refractivity contribution is 5.85. The van der Waals surface area contributed by atoms with E-state index in [9.17, 15) is 4.79 Å². The van der Waals surface area contributed by atoms with Crippen LogP contribution in [-0.4, -0.2) is 27.4 Å². The van der Waals surface area contributed by atoms with E-state index in [1.807, 2.05) is 0 Å². The summed E-state index contributed by atoms with van der Waals surface area (Å²) in [6.45, 7) is 1.29. The summed E-state index contributed by atoms with van der Waals surface area (Å²) in [5, 5.41) is 19.6. The van der Waals surface area contributed by atoms with Gasteiger partial charge in [0, 0.05) is 19.3 Å². The Kier molecular flexibility index (Phi) is 3.92. The van der Waals surface area contributed by atoms with E-state index < -0.39 is 5.41 Å². The molecule has 2 rings (SSSR count). The van der Waals surface area contributed by atoms with Crippen LogP contribution in [0.2, 0.25) is 0 Å². The molecule has 0 bridgehead atoms. The van der Waals surface area contributed by atoms with Crippen LogP contribution in [0.4, 0.5) is 0 Å². The highest BCUT2D eigenvalue weighted by Crippen LogP contribution is 2.37. The van der Waals surface area contributed by atoms with E-state index in [4.69, 9.17) is 5.26 Å². The van der Waals surface area contributed by atoms with E-state index in [1.165, 1.54) is 0 Å². The standard InChI is InChI=1S/C12H17N5O/c13-10-12(4-1-2-5-12)11(18)14-6-3-8-17-9-7-15-16-17/h7,9H,1-6,8H2,(H,14,18). The molecule has 0 saturated heterocycles. The van der Waals surface area contributed by atoms with Crippen molar-refractivity contribution < 1.29 is 4.79 Å². The van der Waals surface area contributed by atoms with Gasteiger partial charge in [0.25, 0.3) is 0 Å². The van der Waals surface area contributed by atoms with Crippen LogP contribution in [0.3, 0.4) is 0 Å². The molecule has 1 fully saturated rings. The summed E-state index contributed by atoms with van der Waals surface area (Å²) < 4.78 is 1.72. The molecule has 0 spiro atoms. The first-order valence-electron chi connectivity index (χ1n) is 6.30. The van der Waals surface area contributed by atoms with Gasteiger partial charge < -0.3 is 5.32 Å². The average Bonchev–Trinajstić information content (AvgIpc) is 3.05. The Morgan fingerprint density at radius 3 is 2.89 bits per heavy atom. The van der Waals surface area contributed by atoms with Crippen molar-refractivity contribution in [3.05, 3.63) is 12.4 Å². The fraction of sp³-hybridized carbons (Fsp3) is 0.667. The normalized spacial score (nSPS) is 17.3. The maximum atomic E-state index is 12.0. The largest absolute Gasteiger partial charge is 0.355 e. The first kappa shape index (κ1) is 12.6. The lowest BCUT2D eigenvalue weighted by Gasteiger charge is -2.19. The number of hydrogen-bond acceptors (Lipinski definition) is 4. The zero-order valence-electron chi connectivity index (χ0n) is 10.3. The van der Waals surface area contributed by atoms with Gasteiger partial charge in [-0.15, -0.1) is 5.10 Å². The van der Waals surface area contributed by atoms with Gasteiger partial charge in [-0.05, 0) is 19.3 Å². The van der Waals surface area contributed by atoms with E-state index in [-0.39, 0.29) is 5.91 Å². The lowest BCUT2D eigenvalue weighted by molar-refractivity contribution is -0.127. The molecule has 6 nitrogen and oxygen atoms in total. The minimum Gasteiger partial charge on any atom is -0.355 e. The summed E-state index contributed by atoms with van der Waals surface area (Å²) in [7, 11) is 0. The number of rotatable bonds is 5. The first-order chi connectivity index (χ1) is 8.77. The number of nitrogens with zero attached hydrogens (tertiary/aromatic N) is 4. The molecule has 0 radical (unpaired) electrons. The van der Waals surface area contributed by atoms with Crippen molar-refractivity contribution in [3.63, 3.8) is 0 Å². The summed E-state index contributed by atoms with van der Waals surface area (Å²) >= 11 is 0. The van der Waals surface area contributed by atoms with E-state index in [1.54, 1.807) is 17.1 Å². The average molecular weight is 247 g/mol. The van der Waals surface area contributed by atoms with Gasteiger partial charge in [-0.25, -0.2) is 0 Å². The molecule has 1 amide bonds. The quantitative estimate of drug-likeness (QED) is 0.782. The van der Waals surface area contributed by atoms with Gasteiger partial charge in [-0.1, -0.05) is 18.1 Å². The SMILES string of the molecule is N#CC1(C(=O)NCCCn2ccnn2)CCCC1. The van der Waals surface area contributed by atoms with Crippen LogP contribution >= 0.6 is 0 Å². The molecule has 1 aromatic heterocycles. The highest BCUT2D eigenvalue weighted by Gasteiger charge is 2.41. The van der Waals surface area contributed by atoms with Crippen LogP contribution < -0.4 is 5.32 Å². The maximum absolute atomic E-state index is 12.0. The van der Waals surface area contributed by atoms with Gasteiger partial charge in [-0.3, -0.25) is 9.48 Å². The number of hydrogen-bond donors (Lipinski definition) is 1. The Morgan fingerprint density at radius 2 is 2.28 bits per heavy atom. The van der Waals surface area contributed by atoms with Crippen LogP contribution in [0.25, 0.3) is 0 Å². The highest BCUT2D eigenvalue weighted by atomic mass is 16.2. The van der Waals surface area contributed by atoms with Crippen molar-refractivity contribution >= 4 is 5.91 Å². The molecule has 1 aliphatic rings. The number of aryl methyl sites for hydroxylation is 1. The zero-order valence-corrected chi connectivity index (χ0v) is 10.3. The van der Waals surface area contributed by atoms with Gasteiger partial charge >= 0.3 is 0 Å². The molecular formula is C12H17N5O. The van der Waals surface area contributed by atoms with E-state index >= 15 is 0 Å². The van der Waals surface area contributed by atoms with Crippen LogP contribution in [0.15, 0.2) is 12.4 Å². The Morgan fingerprint density at radius 1 is 1.50 bits per heavy atom. The number of aromatic nitrogens is 3. The lowest BCUT2D eigenvalue weighted by atomic mass is 9.87.